The van der Waals surface area contributed by atoms with Crippen molar-refractivity contribution in [3.05, 3.63) is 0 Å². The Hall–Kier alpha value is -3.06. The summed E-state index contributed by atoms with van der Waals surface area (Å²) in [6.07, 6.45) is 1.02. The summed E-state index contributed by atoms with van der Waals surface area (Å²) in [5.74, 6) is -3.75. The molecule has 7 N–H and O–H groups in total. The number of amides is 4. The molecule has 0 aromatic carbocycles. The number of nitrogens with two attached hydrogens (primary N) is 1. The zero-order valence-electron chi connectivity index (χ0n) is 21.8. The quantitative estimate of drug-likeness (QED) is 0.163. The Morgan fingerprint density at radius 3 is 2.00 bits per heavy atom. The van der Waals surface area contributed by atoms with E-state index in [9.17, 15) is 28.8 Å². The Bertz CT molecular complexity index is 847. The highest BCUT2D eigenvalue weighted by Gasteiger charge is 2.38. The number of hydrogen-bond donors (Lipinski definition) is 6. The number of carbonyl (C=O) groups is 6. The van der Waals surface area contributed by atoms with Gasteiger partial charge in [-0.3, -0.25) is 34.1 Å². The van der Waals surface area contributed by atoms with Crippen molar-refractivity contribution >= 4 is 35.4 Å². The van der Waals surface area contributed by atoms with E-state index in [4.69, 9.17) is 10.8 Å². The molecule has 1 unspecified atom stereocenters. The van der Waals surface area contributed by atoms with E-state index in [0.29, 0.717) is 19.4 Å². The van der Waals surface area contributed by atoms with Crippen LogP contribution in [-0.4, -0.2) is 94.7 Å². The molecule has 0 radical (unpaired) electrons. The first-order valence-corrected chi connectivity index (χ1v) is 12.1. The van der Waals surface area contributed by atoms with Gasteiger partial charge in [-0.25, -0.2) is 0 Å². The first kappa shape index (κ1) is 31.0. The SMILES string of the molecule is CC(C)[C@H](NC(=O)C1CCCN1C(=O)[C@H](C)NC(=O)[C@H](C)N)C(=O)CN[C@@H](C)C(=O)N[C@@H](C)C(=O)O. The Morgan fingerprint density at radius 2 is 1.47 bits per heavy atom. The van der Waals surface area contributed by atoms with Crippen LogP contribution in [0.3, 0.4) is 0 Å². The van der Waals surface area contributed by atoms with E-state index in [1.807, 2.05) is 0 Å². The second-order valence-corrected chi connectivity index (χ2v) is 9.58. The highest BCUT2D eigenvalue weighted by Crippen LogP contribution is 2.19. The molecule has 0 bridgehead atoms. The summed E-state index contributed by atoms with van der Waals surface area (Å²) in [5.41, 5.74) is 5.53. The van der Waals surface area contributed by atoms with Gasteiger partial charge >= 0.3 is 5.97 Å². The Morgan fingerprint density at radius 1 is 0.889 bits per heavy atom. The minimum atomic E-state index is -1.18. The van der Waals surface area contributed by atoms with Crippen molar-refractivity contribution in [3.8, 4) is 0 Å². The molecule has 6 atom stereocenters. The molecule has 1 saturated heterocycles. The molecule has 204 valence electrons. The summed E-state index contributed by atoms with van der Waals surface area (Å²) in [5, 5.41) is 19.2. The monoisotopic (exact) mass is 512 g/mol. The van der Waals surface area contributed by atoms with Gasteiger partial charge in [-0.1, -0.05) is 13.8 Å². The lowest BCUT2D eigenvalue weighted by Gasteiger charge is -2.29. The van der Waals surface area contributed by atoms with E-state index in [1.165, 1.54) is 32.6 Å². The number of ketones is 1. The summed E-state index contributed by atoms with van der Waals surface area (Å²) in [6, 6.07) is -5.21. The lowest BCUT2D eigenvalue weighted by molar-refractivity contribution is -0.142. The zero-order chi connectivity index (χ0) is 27.7. The molecule has 0 aromatic heterocycles. The lowest BCUT2D eigenvalue weighted by atomic mass is 9.98. The number of carboxylic acids is 1. The molecule has 0 aliphatic carbocycles. The molecule has 13 heteroatoms. The summed E-state index contributed by atoms with van der Waals surface area (Å²) in [6.45, 7) is 9.48. The molecule has 0 aromatic rings. The number of aliphatic carboxylic acids is 1. The highest BCUT2D eigenvalue weighted by molar-refractivity contribution is 5.96. The number of nitrogens with zero attached hydrogens (tertiary/aromatic N) is 1. The van der Waals surface area contributed by atoms with Crippen LogP contribution in [0.4, 0.5) is 0 Å². The van der Waals surface area contributed by atoms with Crippen LogP contribution >= 0.6 is 0 Å². The van der Waals surface area contributed by atoms with Crippen LogP contribution in [0.15, 0.2) is 0 Å². The van der Waals surface area contributed by atoms with Crippen LogP contribution in [0.25, 0.3) is 0 Å². The standard InChI is InChI=1S/C23H40N6O7/c1-11(2)18(17(30)10-25-13(4)20(32)27-15(6)23(35)36)28-21(33)16-8-7-9-29(16)22(34)14(5)26-19(31)12(3)24/h11-16,18,25H,7-10,24H2,1-6H3,(H,26,31)(H,27,32)(H,28,33)(H,35,36)/t12-,13-,14-,15-,16?,18-/m0/s1. The van der Waals surface area contributed by atoms with Crippen molar-refractivity contribution < 1.29 is 33.9 Å². The molecule has 1 heterocycles. The fourth-order valence-corrected chi connectivity index (χ4v) is 3.68. The van der Waals surface area contributed by atoms with Gasteiger partial charge in [0.1, 0.15) is 18.1 Å². The Kier molecular flexibility index (Phi) is 11.9. The summed E-state index contributed by atoms with van der Waals surface area (Å²) < 4.78 is 0. The van der Waals surface area contributed by atoms with Gasteiger partial charge < -0.3 is 31.7 Å². The van der Waals surface area contributed by atoms with E-state index in [2.05, 4.69) is 21.3 Å². The van der Waals surface area contributed by atoms with E-state index in [1.54, 1.807) is 13.8 Å². The van der Waals surface area contributed by atoms with Gasteiger partial charge in [0.05, 0.1) is 24.7 Å². The number of rotatable bonds is 13. The van der Waals surface area contributed by atoms with Crippen molar-refractivity contribution in [1.82, 2.24) is 26.2 Å². The third-order valence-electron chi connectivity index (χ3n) is 6.00. The second kappa shape index (κ2) is 13.9. The number of nitrogens with one attached hydrogen (secondary N) is 4. The van der Waals surface area contributed by atoms with Crippen LogP contribution < -0.4 is 27.0 Å². The third-order valence-corrected chi connectivity index (χ3v) is 6.00. The largest absolute Gasteiger partial charge is 0.480 e. The first-order chi connectivity index (χ1) is 16.7. The van der Waals surface area contributed by atoms with Crippen LogP contribution in [0, 0.1) is 5.92 Å². The molecule has 0 saturated carbocycles. The minimum Gasteiger partial charge on any atom is -0.480 e. The fourth-order valence-electron chi connectivity index (χ4n) is 3.68. The van der Waals surface area contributed by atoms with Crippen molar-refractivity contribution in [2.45, 2.75) is 90.6 Å². The fraction of sp³-hybridized carbons (Fsp3) is 0.739. The van der Waals surface area contributed by atoms with E-state index in [0.717, 1.165) is 0 Å². The molecule has 1 rings (SSSR count). The van der Waals surface area contributed by atoms with Gasteiger partial charge in [-0.05, 0) is 46.5 Å². The first-order valence-electron chi connectivity index (χ1n) is 12.1. The van der Waals surface area contributed by atoms with Crippen molar-refractivity contribution in [2.75, 3.05) is 13.1 Å². The summed E-state index contributed by atoms with van der Waals surface area (Å²) in [7, 11) is 0. The number of Topliss-reactive ketones (excluding diaryl/α,β-unsaturated/α-hetero) is 1. The van der Waals surface area contributed by atoms with Gasteiger partial charge in [0.25, 0.3) is 0 Å². The van der Waals surface area contributed by atoms with Crippen LogP contribution in [0.1, 0.15) is 54.4 Å². The highest BCUT2D eigenvalue weighted by atomic mass is 16.4. The molecule has 36 heavy (non-hydrogen) atoms. The van der Waals surface area contributed by atoms with Crippen molar-refractivity contribution in [1.29, 1.82) is 0 Å². The van der Waals surface area contributed by atoms with Gasteiger partial charge in [0.15, 0.2) is 5.78 Å². The number of likely N-dealkylation sites (tertiary alicyclic amines) is 1. The maximum atomic E-state index is 13.1. The van der Waals surface area contributed by atoms with Gasteiger partial charge in [0.2, 0.25) is 23.6 Å². The summed E-state index contributed by atoms with van der Waals surface area (Å²) in [4.78, 5) is 75.0. The van der Waals surface area contributed by atoms with Crippen molar-refractivity contribution in [3.63, 3.8) is 0 Å². The molecule has 4 amide bonds. The predicted octanol–water partition coefficient (Wildman–Crippen LogP) is -1.89. The molecular formula is C23H40N6O7. The molecule has 1 aliphatic rings. The molecular weight excluding hydrogens is 472 g/mol. The zero-order valence-corrected chi connectivity index (χ0v) is 21.8. The molecule has 13 nitrogen and oxygen atoms in total. The Labute approximate surface area is 211 Å². The topological polar surface area (TPSA) is 200 Å². The predicted molar refractivity (Wildman–Crippen MR) is 130 cm³/mol. The minimum absolute atomic E-state index is 0.229. The van der Waals surface area contributed by atoms with E-state index >= 15 is 0 Å². The maximum Gasteiger partial charge on any atom is 0.325 e. The number of carbonyl (C=O) groups excluding carboxylic acids is 5. The van der Waals surface area contributed by atoms with Crippen LogP contribution in [0.5, 0.6) is 0 Å². The smallest absolute Gasteiger partial charge is 0.325 e. The van der Waals surface area contributed by atoms with Gasteiger partial charge in [-0.15, -0.1) is 0 Å². The molecule has 1 fully saturated rings. The third kappa shape index (κ3) is 8.86. The van der Waals surface area contributed by atoms with Gasteiger partial charge in [-0.2, -0.15) is 0 Å². The van der Waals surface area contributed by atoms with E-state index in [-0.39, 0.29) is 18.2 Å². The maximum absolute atomic E-state index is 13.1. The average molecular weight is 513 g/mol. The second-order valence-electron chi connectivity index (χ2n) is 9.58. The lowest BCUT2D eigenvalue weighted by Crippen LogP contribution is -2.57. The molecule has 1 aliphatic heterocycles. The van der Waals surface area contributed by atoms with Gasteiger partial charge in [0, 0.05) is 6.54 Å². The van der Waals surface area contributed by atoms with Crippen LogP contribution in [-0.2, 0) is 28.8 Å². The number of hydrogen-bond acceptors (Lipinski definition) is 8. The van der Waals surface area contributed by atoms with E-state index < -0.39 is 65.8 Å². The van der Waals surface area contributed by atoms with Crippen molar-refractivity contribution in [2.24, 2.45) is 11.7 Å². The Balaban J connectivity index is 2.76. The molecule has 0 spiro atoms. The number of carboxylic acid groups (broad SMARTS) is 1. The normalized spacial score (nSPS) is 19.6. The summed E-state index contributed by atoms with van der Waals surface area (Å²) >= 11 is 0. The van der Waals surface area contributed by atoms with Crippen LogP contribution in [0.2, 0.25) is 0 Å². The average Bonchev–Trinajstić information content (AvgIpc) is 3.29.